The number of benzene rings is 1. The Morgan fingerprint density at radius 3 is 2.25 bits per heavy atom. The lowest BCUT2D eigenvalue weighted by atomic mass is 9.98. The van der Waals surface area contributed by atoms with Crippen LogP contribution in [0.4, 0.5) is 5.69 Å². The second kappa shape index (κ2) is 8.85. The SMILES string of the molecule is C=CC(=O)Nc1ccc(S(=O)(=O)N2CCN(C(=O)C3CCOCC3)CC2)cc1. The molecule has 1 N–H and O–H groups in total. The Kier molecular flexibility index (Phi) is 6.48. The molecule has 28 heavy (non-hydrogen) atoms. The van der Waals surface area contributed by atoms with E-state index in [0.717, 1.165) is 18.9 Å². The predicted molar refractivity (Wildman–Crippen MR) is 104 cm³/mol. The van der Waals surface area contributed by atoms with E-state index in [4.69, 9.17) is 4.74 Å². The third-order valence-corrected chi connectivity index (χ3v) is 6.98. The van der Waals surface area contributed by atoms with Gasteiger partial charge in [0.1, 0.15) is 0 Å². The zero-order valence-corrected chi connectivity index (χ0v) is 16.5. The van der Waals surface area contributed by atoms with Crippen molar-refractivity contribution in [1.82, 2.24) is 9.21 Å². The topological polar surface area (TPSA) is 96.0 Å². The van der Waals surface area contributed by atoms with Crippen molar-refractivity contribution in [3.05, 3.63) is 36.9 Å². The smallest absolute Gasteiger partial charge is 0.247 e. The average molecular weight is 407 g/mol. The minimum absolute atomic E-state index is 0.0183. The van der Waals surface area contributed by atoms with E-state index in [-0.39, 0.29) is 35.7 Å². The molecule has 0 radical (unpaired) electrons. The summed E-state index contributed by atoms with van der Waals surface area (Å²) in [6.45, 7) is 5.91. The monoisotopic (exact) mass is 407 g/mol. The van der Waals surface area contributed by atoms with Gasteiger partial charge < -0.3 is 15.0 Å². The van der Waals surface area contributed by atoms with E-state index in [0.29, 0.717) is 32.0 Å². The summed E-state index contributed by atoms with van der Waals surface area (Å²) in [5, 5.41) is 2.58. The molecule has 8 nitrogen and oxygen atoms in total. The van der Waals surface area contributed by atoms with Crippen molar-refractivity contribution < 1.29 is 22.7 Å². The minimum Gasteiger partial charge on any atom is -0.381 e. The van der Waals surface area contributed by atoms with Crippen molar-refractivity contribution in [3.63, 3.8) is 0 Å². The van der Waals surface area contributed by atoms with Gasteiger partial charge in [0.15, 0.2) is 0 Å². The standard InChI is InChI=1S/C19H25N3O5S/c1-2-18(23)20-16-3-5-17(6-4-16)28(25,26)22-11-9-21(10-12-22)19(24)15-7-13-27-14-8-15/h2-6,15H,1,7-14H2,(H,20,23). The number of hydrogen-bond donors (Lipinski definition) is 1. The fourth-order valence-electron chi connectivity index (χ4n) is 3.40. The fraction of sp³-hybridized carbons (Fsp3) is 0.474. The molecule has 0 aromatic heterocycles. The number of rotatable bonds is 5. The first-order valence-electron chi connectivity index (χ1n) is 9.32. The Hall–Kier alpha value is -2.23. The highest BCUT2D eigenvalue weighted by molar-refractivity contribution is 7.89. The molecule has 152 valence electrons. The van der Waals surface area contributed by atoms with E-state index in [1.165, 1.54) is 16.4 Å². The van der Waals surface area contributed by atoms with Gasteiger partial charge in [0.25, 0.3) is 0 Å². The lowest BCUT2D eigenvalue weighted by Crippen LogP contribution is -2.52. The van der Waals surface area contributed by atoms with E-state index in [1.807, 2.05) is 0 Å². The molecule has 0 saturated carbocycles. The molecule has 0 atom stereocenters. The number of carbonyl (C=O) groups is 2. The third-order valence-electron chi connectivity index (χ3n) is 5.07. The molecule has 0 bridgehead atoms. The van der Waals surface area contributed by atoms with Crippen LogP contribution in [-0.2, 0) is 24.3 Å². The van der Waals surface area contributed by atoms with Gasteiger partial charge in [-0.3, -0.25) is 9.59 Å². The highest BCUT2D eigenvalue weighted by Crippen LogP contribution is 2.22. The van der Waals surface area contributed by atoms with Crippen LogP contribution in [0.15, 0.2) is 41.8 Å². The average Bonchev–Trinajstić information content (AvgIpc) is 2.74. The number of sulfonamides is 1. The molecule has 2 aliphatic rings. The predicted octanol–water partition coefficient (Wildman–Crippen LogP) is 1.07. The molecular formula is C19H25N3O5S. The van der Waals surface area contributed by atoms with Gasteiger partial charge in [-0.25, -0.2) is 8.42 Å². The van der Waals surface area contributed by atoms with E-state index >= 15 is 0 Å². The molecule has 2 fully saturated rings. The molecular weight excluding hydrogens is 382 g/mol. The van der Waals surface area contributed by atoms with Gasteiger partial charge in [-0.1, -0.05) is 6.58 Å². The summed E-state index contributed by atoms with van der Waals surface area (Å²) in [7, 11) is -3.64. The fourth-order valence-corrected chi connectivity index (χ4v) is 4.83. The van der Waals surface area contributed by atoms with Crippen molar-refractivity contribution in [3.8, 4) is 0 Å². The summed E-state index contributed by atoms with van der Waals surface area (Å²) in [6, 6.07) is 6.01. The molecule has 1 aromatic carbocycles. The van der Waals surface area contributed by atoms with Crippen LogP contribution in [0.1, 0.15) is 12.8 Å². The highest BCUT2D eigenvalue weighted by atomic mass is 32.2. The van der Waals surface area contributed by atoms with Crippen LogP contribution in [0.25, 0.3) is 0 Å². The number of anilines is 1. The summed E-state index contributed by atoms with van der Waals surface area (Å²) in [5.74, 6) is -0.279. The lowest BCUT2D eigenvalue weighted by Gasteiger charge is -2.36. The molecule has 2 aliphatic heterocycles. The largest absolute Gasteiger partial charge is 0.381 e. The number of carbonyl (C=O) groups excluding carboxylic acids is 2. The zero-order valence-electron chi connectivity index (χ0n) is 15.7. The van der Waals surface area contributed by atoms with Crippen LogP contribution in [-0.4, -0.2) is 68.8 Å². The Morgan fingerprint density at radius 1 is 1.07 bits per heavy atom. The number of nitrogens with zero attached hydrogens (tertiary/aromatic N) is 2. The van der Waals surface area contributed by atoms with E-state index in [2.05, 4.69) is 11.9 Å². The Morgan fingerprint density at radius 2 is 1.68 bits per heavy atom. The minimum atomic E-state index is -3.64. The molecule has 0 spiro atoms. The second-order valence-corrected chi connectivity index (χ2v) is 8.77. The van der Waals surface area contributed by atoms with Gasteiger partial charge in [-0.05, 0) is 43.2 Å². The van der Waals surface area contributed by atoms with Gasteiger partial charge in [0.05, 0.1) is 4.90 Å². The number of amides is 2. The Balaban J connectivity index is 1.60. The quantitative estimate of drug-likeness (QED) is 0.737. The van der Waals surface area contributed by atoms with Gasteiger partial charge in [0, 0.05) is 51.0 Å². The summed E-state index contributed by atoms with van der Waals surface area (Å²) in [5.41, 5.74) is 0.496. The highest BCUT2D eigenvalue weighted by Gasteiger charge is 2.33. The molecule has 2 saturated heterocycles. The molecule has 0 unspecified atom stereocenters. The van der Waals surface area contributed by atoms with E-state index < -0.39 is 10.0 Å². The summed E-state index contributed by atoms with van der Waals surface area (Å²) in [4.78, 5) is 25.8. The van der Waals surface area contributed by atoms with E-state index in [9.17, 15) is 18.0 Å². The van der Waals surface area contributed by atoms with Crippen molar-refractivity contribution in [2.24, 2.45) is 5.92 Å². The maximum Gasteiger partial charge on any atom is 0.247 e. The van der Waals surface area contributed by atoms with Crippen LogP contribution >= 0.6 is 0 Å². The number of ether oxygens (including phenoxy) is 1. The van der Waals surface area contributed by atoms with Gasteiger partial charge in [-0.2, -0.15) is 4.31 Å². The zero-order chi connectivity index (χ0) is 20.1. The first kappa shape index (κ1) is 20.5. The first-order chi connectivity index (χ1) is 13.4. The number of hydrogen-bond acceptors (Lipinski definition) is 5. The normalized spacial score (nSPS) is 19.2. The molecule has 9 heteroatoms. The summed E-state index contributed by atoms with van der Waals surface area (Å²) < 4.78 is 32.4. The summed E-state index contributed by atoms with van der Waals surface area (Å²) in [6.07, 6.45) is 2.60. The van der Waals surface area contributed by atoms with Crippen LogP contribution in [0.5, 0.6) is 0 Å². The van der Waals surface area contributed by atoms with Crippen molar-refractivity contribution >= 4 is 27.5 Å². The molecule has 3 rings (SSSR count). The van der Waals surface area contributed by atoms with Gasteiger partial charge in [0.2, 0.25) is 21.8 Å². The molecule has 2 amide bonds. The number of nitrogens with one attached hydrogen (secondary N) is 1. The molecule has 0 aliphatic carbocycles. The van der Waals surface area contributed by atoms with Crippen molar-refractivity contribution in [2.75, 3.05) is 44.7 Å². The van der Waals surface area contributed by atoms with Crippen LogP contribution in [0.2, 0.25) is 0 Å². The second-order valence-electron chi connectivity index (χ2n) is 6.83. The first-order valence-corrected chi connectivity index (χ1v) is 10.8. The number of piperazine rings is 1. The third kappa shape index (κ3) is 4.60. The van der Waals surface area contributed by atoms with Crippen LogP contribution in [0, 0.1) is 5.92 Å². The van der Waals surface area contributed by atoms with Gasteiger partial charge >= 0.3 is 0 Å². The van der Waals surface area contributed by atoms with Crippen molar-refractivity contribution in [2.45, 2.75) is 17.7 Å². The van der Waals surface area contributed by atoms with E-state index in [1.54, 1.807) is 17.0 Å². The molecule has 2 heterocycles. The maximum atomic E-state index is 12.9. The van der Waals surface area contributed by atoms with Crippen LogP contribution in [0.3, 0.4) is 0 Å². The Labute approximate surface area is 165 Å². The lowest BCUT2D eigenvalue weighted by molar-refractivity contribution is -0.139. The van der Waals surface area contributed by atoms with Crippen molar-refractivity contribution in [1.29, 1.82) is 0 Å². The molecule has 1 aromatic rings. The summed E-state index contributed by atoms with van der Waals surface area (Å²) >= 11 is 0. The maximum absolute atomic E-state index is 12.9. The Bertz CT molecular complexity index is 824. The van der Waals surface area contributed by atoms with Crippen LogP contribution < -0.4 is 5.32 Å². The van der Waals surface area contributed by atoms with Gasteiger partial charge in [-0.15, -0.1) is 0 Å².